The second kappa shape index (κ2) is 3.28. The second-order valence-electron chi connectivity index (χ2n) is 2.56. The number of aryl methyl sites for hydroxylation is 1. The molecule has 0 aliphatic heterocycles. The number of hydrogen-bond donors (Lipinski definition) is 2. The van der Waals surface area contributed by atoms with Crippen LogP contribution in [0.15, 0.2) is 18.2 Å². The molecule has 0 radical (unpaired) electrons. The monoisotopic (exact) mass is 152 g/mol. The molecule has 0 atom stereocenters. The highest BCUT2D eigenvalue weighted by Crippen LogP contribution is 2.22. The standard InChI is InChI=1S/C9H12O2/c1-2-3-7-6-8(10)4-5-9(7)11/h4-6,10-11H,2-3H2,1H3. The Balaban J connectivity index is 2.93. The van der Waals surface area contributed by atoms with Crippen LogP contribution in [0.1, 0.15) is 18.9 Å². The van der Waals surface area contributed by atoms with Gasteiger partial charge in [0.2, 0.25) is 0 Å². The van der Waals surface area contributed by atoms with Crippen LogP contribution in [0.25, 0.3) is 0 Å². The van der Waals surface area contributed by atoms with Crippen LogP contribution in [-0.2, 0) is 6.42 Å². The van der Waals surface area contributed by atoms with Crippen molar-refractivity contribution < 1.29 is 10.2 Å². The molecular formula is C9H12O2. The number of rotatable bonds is 2. The molecule has 1 aromatic carbocycles. The molecule has 2 nitrogen and oxygen atoms in total. The molecule has 0 spiro atoms. The van der Waals surface area contributed by atoms with Gasteiger partial charge in [-0.3, -0.25) is 0 Å². The molecule has 60 valence electrons. The Morgan fingerprint density at radius 1 is 1.27 bits per heavy atom. The fraction of sp³-hybridized carbons (Fsp3) is 0.333. The topological polar surface area (TPSA) is 40.5 Å². The van der Waals surface area contributed by atoms with Crippen molar-refractivity contribution in [3.8, 4) is 11.5 Å². The number of phenolic OH excluding ortho intramolecular Hbond substituents is 2. The maximum atomic E-state index is 9.25. The Hall–Kier alpha value is -1.18. The Labute approximate surface area is 66.1 Å². The maximum Gasteiger partial charge on any atom is 0.119 e. The van der Waals surface area contributed by atoms with Crippen molar-refractivity contribution in [2.24, 2.45) is 0 Å². The van der Waals surface area contributed by atoms with Crippen LogP contribution >= 0.6 is 0 Å². The Morgan fingerprint density at radius 3 is 2.64 bits per heavy atom. The van der Waals surface area contributed by atoms with Gasteiger partial charge in [-0.25, -0.2) is 0 Å². The van der Waals surface area contributed by atoms with Gasteiger partial charge in [0.1, 0.15) is 11.5 Å². The van der Waals surface area contributed by atoms with Gasteiger partial charge in [0.15, 0.2) is 0 Å². The highest BCUT2D eigenvalue weighted by molar-refractivity contribution is 5.38. The van der Waals surface area contributed by atoms with Gasteiger partial charge in [0, 0.05) is 0 Å². The van der Waals surface area contributed by atoms with E-state index in [9.17, 15) is 5.11 Å². The van der Waals surface area contributed by atoms with Crippen LogP contribution in [0, 0.1) is 0 Å². The molecule has 0 fully saturated rings. The van der Waals surface area contributed by atoms with E-state index in [0.717, 1.165) is 18.4 Å². The molecule has 0 aromatic heterocycles. The van der Waals surface area contributed by atoms with Crippen molar-refractivity contribution >= 4 is 0 Å². The van der Waals surface area contributed by atoms with Crippen LogP contribution < -0.4 is 0 Å². The van der Waals surface area contributed by atoms with Gasteiger partial charge < -0.3 is 10.2 Å². The lowest BCUT2D eigenvalue weighted by atomic mass is 10.1. The van der Waals surface area contributed by atoms with E-state index in [1.54, 1.807) is 6.07 Å². The fourth-order valence-electron chi connectivity index (χ4n) is 1.04. The summed E-state index contributed by atoms with van der Waals surface area (Å²) in [5, 5.41) is 18.3. The first kappa shape index (κ1) is 7.92. The Kier molecular flexibility index (Phi) is 2.36. The molecule has 0 saturated carbocycles. The number of aromatic hydroxyl groups is 2. The summed E-state index contributed by atoms with van der Waals surface area (Å²) in [4.78, 5) is 0. The lowest BCUT2D eigenvalue weighted by molar-refractivity contribution is 0.453. The SMILES string of the molecule is CCCc1cc(O)ccc1O. The third-order valence-electron chi connectivity index (χ3n) is 1.58. The number of phenols is 2. The summed E-state index contributed by atoms with van der Waals surface area (Å²) in [5.41, 5.74) is 0.813. The number of benzene rings is 1. The lowest BCUT2D eigenvalue weighted by Gasteiger charge is -2.02. The first-order valence-electron chi connectivity index (χ1n) is 3.75. The van der Waals surface area contributed by atoms with Crippen molar-refractivity contribution in [3.63, 3.8) is 0 Å². The molecule has 1 rings (SSSR count). The molecule has 0 aliphatic carbocycles. The van der Waals surface area contributed by atoms with E-state index >= 15 is 0 Å². The van der Waals surface area contributed by atoms with Gasteiger partial charge in [-0.05, 0) is 30.2 Å². The van der Waals surface area contributed by atoms with Crippen molar-refractivity contribution in [3.05, 3.63) is 23.8 Å². The Morgan fingerprint density at radius 2 is 2.00 bits per heavy atom. The van der Waals surface area contributed by atoms with E-state index in [1.807, 2.05) is 6.92 Å². The molecule has 0 aliphatic rings. The van der Waals surface area contributed by atoms with E-state index in [1.165, 1.54) is 12.1 Å². The first-order valence-corrected chi connectivity index (χ1v) is 3.75. The lowest BCUT2D eigenvalue weighted by Crippen LogP contribution is -1.82. The number of hydrogen-bond acceptors (Lipinski definition) is 2. The summed E-state index contributed by atoms with van der Waals surface area (Å²) < 4.78 is 0. The molecule has 0 bridgehead atoms. The summed E-state index contributed by atoms with van der Waals surface area (Å²) in [6.07, 6.45) is 1.78. The zero-order chi connectivity index (χ0) is 8.27. The maximum absolute atomic E-state index is 9.25. The van der Waals surface area contributed by atoms with Gasteiger partial charge in [-0.1, -0.05) is 13.3 Å². The summed E-state index contributed by atoms with van der Waals surface area (Å²) in [5.74, 6) is 0.482. The minimum Gasteiger partial charge on any atom is -0.508 e. The van der Waals surface area contributed by atoms with Crippen LogP contribution in [0.5, 0.6) is 11.5 Å². The average molecular weight is 152 g/mol. The third kappa shape index (κ3) is 1.87. The van der Waals surface area contributed by atoms with Crippen molar-refractivity contribution in [1.82, 2.24) is 0 Å². The van der Waals surface area contributed by atoms with Crippen molar-refractivity contribution in [2.45, 2.75) is 19.8 Å². The third-order valence-corrected chi connectivity index (χ3v) is 1.58. The van der Waals surface area contributed by atoms with Gasteiger partial charge >= 0.3 is 0 Å². The molecule has 11 heavy (non-hydrogen) atoms. The molecular weight excluding hydrogens is 140 g/mol. The van der Waals surface area contributed by atoms with Gasteiger partial charge in [0.25, 0.3) is 0 Å². The first-order chi connectivity index (χ1) is 5.24. The largest absolute Gasteiger partial charge is 0.508 e. The Bertz CT molecular complexity index is 243. The van der Waals surface area contributed by atoms with E-state index in [0.29, 0.717) is 0 Å². The predicted molar refractivity (Wildman–Crippen MR) is 43.8 cm³/mol. The van der Waals surface area contributed by atoms with Crippen molar-refractivity contribution in [1.29, 1.82) is 0 Å². The van der Waals surface area contributed by atoms with Crippen LogP contribution in [0.4, 0.5) is 0 Å². The molecule has 2 heteroatoms. The molecule has 2 N–H and O–H groups in total. The highest BCUT2D eigenvalue weighted by atomic mass is 16.3. The summed E-state index contributed by atoms with van der Waals surface area (Å²) in [6, 6.07) is 4.59. The van der Waals surface area contributed by atoms with Crippen LogP contribution in [0.3, 0.4) is 0 Å². The van der Waals surface area contributed by atoms with E-state index in [-0.39, 0.29) is 11.5 Å². The zero-order valence-corrected chi connectivity index (χ0v) is 6.54. The smallest absolute Gasteiger partial charge is 0.119 e. The average Bonchev–Trinajstić information content (AvgIpc) is 1.98. The van der Waals surface area contributed by atoms with Gasteiger partial charge in [-0.2, -0.15) is 0 Å². The minimum absolute atomic E-state index is 0.214. The molecule has 1 aromatic rings. The van der Waals surface area contributed by atoms with Crippen LogP contribution in [0.2, 0.25) is 0 Å². The minimum atomic E-state index is 0.214. The molecule has 0 heterocycles. The molecule has 0 saturated heterocycles. The van der Waals surface area contributed by atoms with Gasteiger partial charge in [0.05, 0.1) is 0 Å². The zero-order valence-electron chi connectivity index (χ0n) is 6.54. The predicted octanol–water partition coefficient (Wildman–Crippen LogP) is 2.05. The summed E-state index contributed by atoms with van der Waals surface area (Å²) in [7, 11) is 0. The van der Waals surface area contributed by atoms with E-state index < -0.39 is 0 Å². The fourth-order valence-corrected chi connectivity index (χ4v) is 1.04. The molecule has 0 amide bonds. The summed E-state index contributed by atoms with van der Waals surface area (Å²) >= 11 is 0. The highest BCUT2D eigenvalue weighted by Gasteiger charge is 1.99. The van der Waals surface area contributed by atoms with E-state index in [2.05, 4.69) is 0 Å². The molecule has 0 unspecified atom stereocenters. The quantitative estimate of drug-likeness (QED) is 0.637. The summed E-state index contributed by atoms with van der Waals surface area (Å²) in [6.45, 7) is 2.03. The normalized spacial score (nSPS) is 9.91. The van der Waals surface area contributed by atoms with E-state index in [4.69, 9.17) is 5.11 Å². The van der Waals surface area contributed by atoms with Crippen molar-refractivity contribution in [2.75, 3.05) is 0 Å². The van der Waals surface area contributed by atoms with Gasteiger partial charge in [-0.15, -0.1) is 0 Å². The second-order valence-corrected chi connectivity index (χ2v) is 2.56. The van der Waals surface area contributed by atoms with Crippen LogP contribution in [-0.4, -0.2) is 10.2 Å².